The van der Waals surface area contributed by atoms with Crippen molar-refractivity contribution in [1.29, 1.82) is 0 Å². The molecule has 1 aromatic heterocycles. The predicted octanol–water partition coefficient (Wildman–Crippen LogP) is 1.92. The molecule has 0 saturated carbocycles. The van der Waals surface area contributed by atoms with Crippen molar-refractivity contribution >= 4 is 21.6 Å². The van der Waals surface area contributed by atoms with E-state index in [0.717, 1.165) is 30.2 Å². The molecular formula is C15H20N2O2S. The minimum absolute atomic E-state index is 0.101. The largest absolute Gasteiger partial charge is 0.390 e. The van der Waals surface area contributed by atoms with Crippen LogP contribution >= 0.6 is 11.3 Å². The van der Waals surface area contributed by atoms with Gasteiger partial charge in [0.25, 0.3) is 0 Å². The van der Waals surface area contributed by atoms with E-state index in [1.165, 1.54) is 4.70 Å². The van der Waals surface area contributed by atoms with Crippen LogP contribution in [0.4, 0.5) is 0 Å². The molecule has 1 fully saturated rings. The number of para-hydroxylation sites is 1. The number of likely N-dealkylation sites (N-methyl/N-ethyl adjacent to an activating group) is 1. The van der Waals surface area contributed by atoms with Crippen molar-refractivity contribution in [2.24, 2.45) is 0 Å². The highest BCUT2D eigenvalue weighted by Crippen LogP contribution is 2.23. The van der Waals surface area contributed by atoms with E-state index in [1.54, 1.807) is 11.3 Å². The van der Waals surface area contributed by atoms with E-state index >= 15 is 0 Å². The quantitative estimate of drug-likeness (QED) is 0.935. The van der Waals surface area contributed by atoms with Crippen LogP contribution in [-0.4, -0.2) is 53.4 Å². The first-order chi connectivity index (χ1) is 9.76. The second kappa shape index (κ2) is 6.18. The summed E-state index contributed by atoms with van der Waals surface area (Å²) in [5, 5.41) is 11.4. The number of benzene rings is 1. The Morgan fingerprint density at radius 2 is 2.35 bits per heavy atom. The molecule has 108 valence electrons. The van der Waals surface area contributed by atoms with Crippen molar-refractivity contribution in [1.82, 2.24) is 9.88 Å². The molecule has 2 aromatic rings. The number of fused-ring (bicyclic) bond motifs is 1. The Kier molecular flexibility index (Phi) is 4.31. The van der Waals surface area contributed by atoms with E-state index in [1.807, 2.05) is 18.2 Å². The Hall–Kier alpha value is -1.01. The highest BCUT2D eigenvalue weighted by atomic mass is 32.1. The van der Waals surface area contributed by atoms with E-state index in [0.29, 0.717) is 13.0 Å². The lowest BCUT2D eigenvalue weighted by atomic mass is 10.1. The van der Waals surface area contributed by atoms with Crippen LogP contribution in [-0.2, 0) is 11.2 Å². The van der Waals surface area contributed by atoms with Gasteiger partial charge in [0.15, 0.2) is 0 Å². The standard InChI is InChI=1S/C15H20N2O2S/c1-2-17-7-8-19-13(10-17)12(18)9-15-16-11-5-3-4-6-14(11)20-15/h3-6,12-13,18H,2,7-10H2,1H3. The third-order valence-corrected chi connectivity index (χ3v) is 4.83. The molecule has 1 aliphatic rings. The average molecular weight is 292 g/mol. The second-order valence-electron chi connectivity index (χ2n) is 5.15. The molecule has 2 unspecified atom stereocenters. The molecule has 0 bridgehead atoms. The first-order valence-corrected chi connectivity index (χ1v) is 7.94. The Labute approximate surface area is 123 Å². The van der Waals surface area contributed by atoms with Gasteiger partial charge >= 0.3 is 0 Å². The van der Waals surface area contributed by atoms with Gasteiger partial charge in [-0.25, -0.2) is 4.98 Å². The summed E-state index contributed by atoms with van der Waals surface area (Å²) in [7, 11) is 0. The molecule has 0 radical (unpaired) electrons. The fraction of sp³-hybridized carbons (Fsp3) is 0.533. The van der Waals surface area contributed by atoms with E-state index in [4.69, 9.17) is 4.74 Å². The van der Waals surface area contributed by atoms with Crippen LogP contribution in [0, 0.1) is 0 Å². The molecule has 1 saturated heterocycles. The number of hydrogen-bond acceptors (Lipinski definition) is 5. The smallest absolute Gasteiger partial charge is 0.0965 e. The third kappa shape index (κ3) is 3.01. The molecular weight excluding hydrogens is 272 g/mol. The Morgan fingerprint density at radius 3 is 3.15 bits per heavy atom. The molecule has 1 aliphatic heterocycles. The fourth-order valence-corrected chi connectivity index (χ4v) is 3.59. The zero-order valence-electron chi connectivity index (χ0n) is 11.7. The minimum atomic E-state index is -0.482. The van der Waals surface area contributed by atoms with Crippen molar-refractivity contribution in [3.8, 4) is 0 Å². The second-order valence-corrected chi connectivity index (χ2v) is 6.26. The van der Waals surface area contributed by atoms with Gasteiger partial charge in [0.2, 0.25) is 0 Å². The molecule has 4 nitrogen and oxygen atoms in total. The van der Waals surface area contributed by atoms with Crippen molar-refractivity contribution in [2.75, 3.05) is 26.2 Å². The SMILES string of the molecule is CCN1CCOC(C(O)Cc2nc3ccccc3s2)C1. The maximum Gasteiger partial charge on any atom is 0.0965 e. The summed E-state index contributed by atoms with van der Waals surface area (Å²) in [6.07, 6.45) is -0.0118. The van der Waals surface area contributed by atoms with Gasteiger partial charge in [-0.3, -0.25) is 4.90 Å². The maximum atomic E-state index is 10.4. The van der Waals surface area contributed by atoms with E-state index in [2.05, 4.69) is 22.9 Å². The van der Waals surface area contributed by atoms with Gasteiger partial charge < -0.3 is 9.84 Å². The molecule has 0 amide bonds. The molecule has 5 heteroatoms. The zero-order chi connectivity index (χ0) is 13.9. The Morgan fingerprint density at radius 1 is 1.50 bits per heavy atom. The van der Waals surface area contributed by atoms with Gasteiger partial charge in [-0.1, -0.05) is 19.1 Å². The number of thiazole rings is 1. The van der Waals surface area contributed by atoms with Crippen molar-refractivity contribution < 1.29 is 9.84 Å². The molecule has 1 aromatic carbocycles. The number of rotatable bonds is 4. The molecule has 2 heterocycles. The monoisotopic (exact) mass is 292 g/mol. The van der Waals surface area contributed by atoms with Gasteiger partial charge in [0.05, 0.1) is 34.0 Å². The molecule has 2 atom stereocenters. The van der Waals surface area contributed by atoms with Gasteiger partial charge in [0.1, 0.15) is 0 Å². The van der Waals surface area contributed by atoms with Crippen LogP contribution in [0.3, 0.4) is 0 Å². The summed E-state index contributed by atoms with van der Waals surface area (Å²) in [4.78, 5) is 6.89. The summed E-state index contributed by atoms with van der Waals surface area (Å²) < 4.78 is 6.88. The number of hydrogen-bond donors (Lipinski definition) is 1. The lowest BCUT2D eigenvalue weighted by molar-refractivity contribution is -0.0867. The first kappa shape index (κ1) is 13.9. The first-order valence-electron chi connectivity index (χ1n) is 7.12. The Bertz CT molecular complexity index is 539. The Balaban J connectivity index is 1.67. The van der Waals surface area contributed by atoms with Crippen LogP contribution in [0.2, 0.25) is 0 Å². The lowest BCUT2D eigenvalue weighted by Gasteiger charge is -2.34. The zero-order valence-corrected chi connectivity index (χ0v) is 12.5. The number of nitrogens with zero attached hydrogens (tertiary/aromatic N) is 2. The van der Waals surface area contributed by atoms with E-state index in [-0.39, 0.29) is 6.10 Å². The maximum absolute atomic E-state index is 10.4. The average Bonchev–Trinajstić information content (AvgIpc) is 2.89. The molecule has 20 heavy (non-hydrogen) atoms. The molecule has 0 aliphatic carbocycles. The summed E-state index contributed by atoms with van der Waals surface area (Å²) in [6, 6.07) is 8.09. The molecule has 1 N–H and O–H groups in total. The van der Waals surface area contributed by atoms with Crippen molar-refractivity contribution in [2.45, 2.75) is 25.6 Å². The summed E-state index contributed by atoms with van der Waals surface area (Å²) in [6.45, 7) is 5.62. The van der Waals surface area contributed by atoms with Gasteiger partial charge in [-0.2, -0.15) is 0 Å². The number of aliphatic hydroxyl groups excluding tert-OH is 1. The van der Waals surface area contributed by atoms with Crippen LogP contribution in [0.25, 0.3) is 10.2 Å². The highest BCUT2D eigenvalue weighted by Gasteiger charge is 2.27. The van der Waals surface area contributed by atoms with Crippen molar-refractivity contribution in [3.63, 3.8) is 0 Å². The predicted molar refractivity (Wildman–Crippen MR) is 81.2 cm³/mol. The number of aromatic nitrogens is 1. The highest BCUT2D eigenvalue weighted by molar-refractivity contribution is 7.18. The fourth-order valence-electron chi connectivity index (χ4n) is 2.57. The normalized spacial score (nSPS) is 22.2. The summed E-state index contributed by atoms with van der Waals surface area (Å²) >= 11 is 1.66. The number of aliphatic hydroxyl groups is 1. The van der Waals surface area contributed by atoms with Crippen LogP contribution < -0.4 is 0 Å². The minimum Gasteiger partial charge on any atom is -0.390 e. The lowest BCUT2D eigenvalue weighted by Crippen LogP contribution is -2.48. The summed E-state index contributed by atoms with van der Waals surface area (Å²) in [5.41, 5.74) is 1.01. The van der Waals surface area contributed by atoms with Crippen LogP contribution in [0.15, 0.2) is 24.3 Å². The topological polar surface area (TPSA) is 45.6 Å². The molecule has 3 rings (SSSR count). The molecule has 0 spiro atoms. The van der Waals surface area contributed by atoms with Crippen molar-refractivity contribution in [3.05, 3.63) is 29.3 Å². The third-order valence-electron chi connectivity index (χ3n) is 3.78. The van der Waals surface area contributed by atoms with E-state index in [9.17, 15) is 5.11 Å². The van der Waals surface area contributed by atoms with Crippen LogP contribution in [0.1, 0.15) is 11.9 Å². The van der Waals surface area contributed by atoms with Crippen LogP contribution in [0.5, 0.6) is 0 Å². The number of morpholine rings is 1. The van der Waals surface area contributed by atoms with Gasteiger partial charge in [0, 0.05) is 19.5 Å². The summed E-state index contributed by atoms with van der Waals surface area (Å²) in [5.74, 6) is 0. The van der Waals surface area contributed by atoms with E-state index < -0.39 is 6.10 Å². The van der Waals surface area contributed by atoms with Gasteiger partial charge in [-0.15, -0.1) is 11.3 Å². The van der Waals surface area contributed by atoms with Gasteiger partial charge in [-0.05, 0) is 18.7 Å². The number of ether oxygens (including phenoxy) is 1.